The molecule has 0 aromatic heterocycles. The van der Waals surface area contributed by atoms with E-state index in [0.717, 1.165) is 17.3 Å². The average molecular weight is 346 g/mol. The molecule has 1 aliphatic rings. The summed E-state index contributed by atoms with van der Waals surface area (Å²) in [5, 5.41) is 2.99. The first kappa shape index (κ1) is 14.5. The summed E-state index contributed by atoms with van der Waals surface area (Å²) in [7, 11) is 0.882. The molecule has 1 fully saturated rings. The number of hydrogen-bond acceptors (Lipinski definition) is 3. The summed E-state index contributed by atoms with van der Waals surface area (Å²) in [6.45, 7) is 0. The average Bonchev–Trinajstić information content (AvgIpc) is 2.41. The Morgan fingerprint density at radius 2 is 2.11 bits per heavy atom. The van der Waals surface area contributed by atoms with Crippen molar-refractivity contribution in [2.75, 3.05) is 18.6 Å². The maximum Gasteiger partial charge on any atom is 0.251 e. The predicted molar refractivity (Wildman–Crippen MR) is 79.1 cm³/mol. The molecule has 4 nitrogen and oxygen atoms in total. The number of halogens is 1. The van der Waals surface area contributed by atoms with E-state index >= 15 is 0 Å². The number of hydrogen-bond donors (Lipinski definition) is 1. The van der Waals surface area contributed by atoms with E-state index in [9.17, 15) is 9.00 Å². The van der Waals surface area contributed by atoms with E-state index in [4.69, 9.17) is 4.74 Å². The molecule has 0 unspecified atom stereocenters. The van der Waals surface area contributed by atoms with Crippen LogP contribution in [0.1, 0.15) is 23.2 Å². The van der Waals surface area contributed by atoms with Gasteiger partial charge in [-0.05, 0) is 47.0 Å². The standard InChI is InChI=1S/C13H16BrNO3S/c1-18-12-3-2-9(8-11(12)14)13(16)15-10-4-6-19(17)7-5-10/h2-3,8,10H,4-7H2,1H3,(H,15,16). The molecule has 1 heterocycles. The van der Waals surface area contributed by atoms with Gasteiger partial charge in [-0.2, -0.15) is 0 Å². The molecule has 19 heavy (non-hydrogen) atoms. The quantitative estimate of drug-likeness (QED) is 0.912. The van der Waals surface area contributed by atoms with Crippen molar-refractivity contribution >= 4 is 32.6 Å². The van der Waals surface area contributed by atoms with Gasteiger partial charge in [0.25, 0.3) is 5.91 Å². The van der Waals surface area contributed by atoms with Gasteiger partial charge in [-0.15, -0.1) is 0 Å². The van der Waals surface area contributed by atoms with Gasteiger partial charge in [0.05, 0.1) is 11.6 Å². The van der Waals surface area contributed by atoms with Gasteiger partial charge in [0.2, 0.25) is 0 Å². The SMILES string of the molecule is COc1ccc(C(=O)NC2CCS(=O)CC2)cc1Br. The molecular weight excluding hydrogens is 330 g/mol. The fourth-order valence-corrected chi connectivity index (χ4v) is 3.85. The largest absolute Gasteiger partial charge is 0.496 e. The van der Waals surface area contributed by atoms with Crippen LogP contribution in [0.3, 0.4) is 0 Å². The van der Waals surface area contributed by atoms with Gasteiger partial charge in [-0.1, -0.05) is 0 Å². The summed E-state index contributed by atoms with van der Waals surface area (Å²) in [5.74, 6) is 1.96. The Morgan fingerprint density at radius 1 is 1.42 bits per heavy atom. The molecule has 0 aliphatic carbocycles. The van der Waals surface area contributed by atoms with E-state index in [-0.39, 0.29) is 11.9 Å². The number of carbonyl (C=O) groups excluding carboxylic acids is 1. The normalized spacial score (nSPS) is 22.8. The minimum absolute atomic E-state index is 0.0963. The first-order valence-corrected chi connectivity index (χ1v) is 8.37. The van der Waals surface area contributed by atoms with Crippen LogP contribution < -0.4 is 10.1 Å². The van der Waals surface area contributed by atoms with Crippen LogP contribution in [0.2, 0.25) is 0 Å². The van der Waals surface area contributed by atoms with Crippen LogP contribution >= 0.6 is 15.9 Å². The molecule has 1 amide bonds. The van der Waals surface area contributed by atoms with Gasteiger partial charge >= 0.3 is 0 Å². The molecule has 1 aliphatic heterocycles. The van der Waals surface area contributed by atoms with Crippen molar-refractivity contribution in [2.24, 2.45) is 0 Å². The highest BCUT2D eigenvalue weighted by Crippen LogP contribution is 2.25. The molecule has 1 aromatic rings. The molecule has 0 radical (unpaired) electrons. The van der Waals surface area contributed by atoms with Crippen molar-refractivity contribution in [1.82, 2.24) is 5.32 Å². The molecule has 1 N–H and O–H groups in total. The third-order valence-corrected chi connectivity index (χ3v) is 5.14. The summed E-state index contributed by atoms with van der Waals surface area (Å²) in [4.78, 5) is 12.1. The van der Waals surface area contributed by atoms with Crippen molar-refractivity contribution in [3.8, 4) is 5.75 Å². The van der Waals surface area contributed by atoms with E-state index in [2.05, 4.69) is 21.2 Å². The number of rotatable bonds is 3. The van der Waals surface area contributed by atoms with Crippen molar-refractivity contribution < 1.29 is 13.7 Å². The number of ether oxygens (including phenoxy) is 1. The smallest absolute Gasteiger partial charge is 0.251 e. The van der Waals surface area contributed by atoms with E-state index in [0.29, 0.717) is 22.8 Å². The first-order chi connectivity index (χ1) is 9.10. The van der Waals surface area contributed by atoms with Crippen LogP contribution in [-0.4, -0.2) is 34.8 Å². The topological polar surface area (TPSA) is 55.4 Å². The zero-order valence-corrected chi connectivity index (χ0v) is 13.1. The summed E-state index contributed by atoms with van der Waals surface area (Å²) < 4.78 is 17.1. The van der Waals surface area contributed by atoms with Crippen molar-refractivity contribution in [2.45, 2.75) is 18.9 Å². The van der Waals surface area contributed by atoms with Crippen LogP contribution in [0.4, 0.5) is 0 Å². The van der Waals surface area contributed by atoms with E-state index in [1.165, 1.54) is 0 Å². The zero-order chi connectivity index (χ0) is 13.8. The Hall–Kier alpha value is -0.880. The van der Waals surface area contributed by atoms with Gasteiger partial charge in [0.1, 0.15) is 5.75 Å². The number of nitrogens with one attached hydrogen (secondary N) is 1. The molecule has 0 spiro atoms. The molecule has 1 saturated heterocycles. The third-order valence-electron chi connectivity index (χ3n) is 3.14. The Labute approximate surface area is 123 Å². The third kappa shape index (κ3) is 3.79. The van der Waals surface area contributed by atoms with Crippen molar-refractivity contribution in [1.29, 1.82) is 0 Å². The monoisotopic (exact) mass is 345 g/mol. The molecule has 104 valence electrons. The lowest BCUT2D eigenvalue weighted by molar-refractivity contribution is 0.0934. The molecule has 1 aromatic carbocycles. The lowest BCUT2D eigenvalue weighted by atomic mass is 10.1. The highest BCUT2D eigenvalue weighted by Gasteiger charge is 2.20. The van der Waals surface area contributed by atoms with Gasteiger partial charge in [-0.25, -0.2) is 0 Å². The second kappa shape index (κ2) is 6.52. The second-order valence-electron chi connectivity index (χ2n) is 4.45. The lowest BCUT2D eigenvalue weighted by Gasteiger charge is -2.22. The maximum atomic E-state index is 12.1. The lowest BCUT2D eigenvalue weighted by Crippen LogP contribution is -2.39. The second-order valence-corrected chi connectivity index (χ2v) is 7.00. The van der Waals surface area contributed by atoms with E-state index in [1.807, 2.05) is 0 Å². The minimum Gasteiger partial charge on any atom is -0.496 e. The van der Waals surface area contributed by atoms with Gasteiger partial charge < -0.3 is 10.1 Å². The summed E-state index contributed by atoms with van der Waals surface area (Å²) >= 11 is 3.36. The first-order valence-electron chi connectivity index (χ1n) is 6.09. The number of benzene rings is 1. The van der Waals surface area contributed by atoms with Crippen molar-refractivity contribution in [3.63, 3.8) is 0 Å². The van der Waals surface area contributed by atoms with Gasteiger partial charge in [0, 0.05) is 33.9 Å². The van der Waals surface area contributed by atoms with Crippen molar-refractivity contribution in [3.05, 3.63) is 28.2 Å². The van der Waals surface area contributed by atoms with Crippen LogP contribution in [0, 0.1) is 0 Å². The molecular formula is C13H16BrNO3S. The highest BCUT2D eigenvalue weighted by atomic mass is 79.9. The Balaban J connectivity index is 2.00. The molecule has 0 bridgehead atoms. The number of methoxy groups -OCH3 is 1. The zero-order valence-electron chi connectivity index (χ0n) is 10.6. The van der Waals surface area contributed by atoms with Gasteiger partial charge in [0.15, 0.2) is 0 Å². The maximum absolute atomic E-state index is 12.1. The summed E-state index contributed by atoms with van der Waals surface area (Å²) in [5.41, 5.74) is 0.597. The van der Waals surface area contributed by atoms with E-state index in [1.54, 1.807) is 25.3 Å². The predicted octanol–water partition coefficient (Wildman–Crippen LogP) is 2.10. The van der Waals surface area contributed by atoms with Crippen LogP contribution in [0.25, 0.3) is 0 Å². The van der Waals surface area contributed by atoms with Crippen LogP contribution in [0.5, 0.6) is 5.75 Å². The molecule has 0 saturated carbocycles. The molecule has 0 atom stereocenters. The minimum atomic E-state index is -0.704. The molecule has 2 rings (SSSR count). The number of carbonyl (C=O) groups is 1. The Morgan fingerprint density at radius 3 is 2.68 bits per heavy atom. The fraction of sp³-hybridized carbons (Fsp3) is 0.462. The summed E-state index contributed by atoms with van der Waals surface area (Å²) in [6.07, 6.45) is 1.57. The molecule has 6 heteroatoms. The Bertz CT molecular complexity index is 497. The van der Waals surface area contributed by atoms with Crippen LogP contribution in [0.15, 0.2) is 22.7 Å². The fourth-order valence-electron chi connectivity index (χ4n) is 2.01. The van der Waals surface area contributed by atoms with Gasteiger partial charge in [-0.3, -0.25) is 9.00 Å². The highest BCUT2D eigenvalue weighted by molar-refractivity contribution is 9.10. The summed E-state index contributed by atoms with van der Waals surface area (Å²) in [6, 6.07) is 5.37. The van der Waals surface area contributed by atoms with Crippen LogP contribution in [-0.2, 0) is 10.8 Å². The van der Waals surface area contributed by atoms with E-state index < -0.39 is 10.8 Å². The Kier molecular flexibility index (Phi) is 4.99. The number of amides is 1.